The van der Waals surface area contributed by atoms with Gasteiger partial charge in [-0.1, -0.05) is 26.0 Å². The van der Waals surface area contributed by atoms with Crippen molar-refractivity contribution in [2.75, 3.05) is 43.9 Å². The van der Waals surface area contributed by atoms with E-state index >= 15 is 0 Å². The highest BCUT2D eigenvalue weighted by molar-refractivity contribution is 7.89. The van der Waals surface area contributed by atoms with Crippen molar-refractivity contribution in [2.24, 2.45) is 16.7 Å². The molecule has 0 spiro atoms. The molecule has 35 heavy (non-hydrogen) atoms. The first kappa shape index (κ1) is 24.6. The molecule has 1 saturated heterocycles. The lowest BCUT2D eigenvalue weighted by molar-refractivity contribution is -0.128. The number of methoxy groups -OCH3 is 1. The van der Waals surface area contributed by atoms with Gasteiger partial charge in [-0.15, -0.1) is 0 Å². The second-order valence-corrected chi connectivity index (χ2v) is 13.4. The summed E-state index contributed by atoms with van der Waals surface area (Å²) in [6.45, 7) is 6.36. The molecule has 0 amide bonds. The molecule has 2 bridgehead atoms. The lowest BCUT2D eigenvalue weighted by Gasteiger charge is -2.37. The molecule has 0 N–H and O–H groups in total. The fourth-order valence-electron chi connectivity index (χ4n) is 6.28. The Morgan fingerprint density at radius 2 is 2.03 bits per heavy atom. The van der Waals surface area contributed by atoms with E-state index in [-0.39, 0.29) is 17.0 Å². The molecule has 0 radical (unpaired) electrons. The first-order valence-corrected chi connectivity index (χ1v) is 14.7. The number of sulfonamides is 1. The number of anilines is 1. The second-order valence-electron chi connectivity index (χ2n) is 10.7. The van der Waals surface area contributed by atoms with Gasteiger partial charge in [0.05, 0.1) is 12.9 Å². The van der Waals surface area contributed by atoms with E-state index in [2.05, 4.69) is 23.1 Å². The number of benzene rings is 1. The molecule has 190 valence electrons. The van der Waals surface area contributed by atoms with Crippen molar-refractivity contribution in [3.05, 3.63) is 35.7 Å². The molecule has 1 aliphatic heterocycles. The SMILES string of the molecule is COc1cccc(Cc2nsc(N3CCCN(S(=O)(=O)CC45CCC(CC4=O)C5(C)C)CC3)n2)c1. The maximum atomic E-state index is 13.5. The van der Waals surface area contributed by atoms with E-state index in [1.165, 1.54) is 11.5 Å². The largest absolute Gasteiger partial charge is 0.497 e. The van der Waals surface area contributed by atoms with Crippen molar-refractivity contribution in [3.8, 4) is 5.75 Å². The van der Waals surface area contributed by atoms with Crippen LogP contribution in [0.2, 0.25) is 0 Å². The fourth-order valence-corrected chi connectivity index (χ4v) is 9.27. The zero-order valence-electron chi connectivity index (χ0n) is 20.7. The van der Waals surface area contributed by atoms with Gasteiger partial charge in [-0.3, -0.25) is 4.79 Å². The van der Waals surface area contributed by atoms with Crippen LogP contribution in [0.15, 0.2) is 24.3 Å². The number of fused-ring (bicyclic) bond motifs is 2. The normalized spacial score (nSPS) is 26.8. The summed E-state index contributed by atoms with van der Waals surface area (Å²) in [5.41, 5.74) is 0.108. The number of hydrogen-bond acceptors (Lipinski definition) is 8. The predicted molar refractivity (Wildman–Crippen MR) is 136 cm³/mol. The maximum absolute atomic E-state index is 13.5. The summed E-state index contributed by atoms with van der Waals surface area (Å²) >= 11 is 1.36. The summed E-state index contributed by atoms with van der Waals surface area (Å²) in [5, 5.41) is 0.825. The van der Waals surface area contributed by atoms with Crippen LogP contribution < -0.4 is 9.64 Å². The van der Waals surface area contributed by atoms with Crippen LogP contribution in [0, 0.1) is 16.7 Å². The molecule has 2 aliphatic carbocycles. The molecule has 2 aromatic rings. The Morgan fingerprint density at radius 1 is 1.20 bits per heavy atom. The van der Waals surface area contributed by atoms with E-state index in [9.17, 15) is 13.2 Å². The Hall–Kier alpha value is -2.04. The van der Waals surface area contributed by atoms with E-state index in [1.807, 2.05) is 24.3 Å². The highest BCUT2D eigenvalue weighted by Gasteiger charge is 2.65. The number of aromatic nitrogens is 2. The van der Waals surface area contributed by atoms with Crippen molar-refractivity contribution < 1.29 is 17.9 Å². The van der Waals surface area contributed by atoms with Crippen LogP contribution in [-0.4, -0.2) is 66.9 Å². The van der Waals surface area contributed by atoms with E-state index in [0.717, 1.165) is 41.7 Å². The van der Waals surface area contributed by atoms with Gasteiger partial charge >= 0.3 is 0 Å². The molecule has 2 atom stereocenters. The van der Waals surface area contributed by atoms with Crippen molar-refractivity contribution in [1.29, 1.82) is 0 Å². The van der Waals surface area contributed by atoms with Gasteiger partial charge in [-0.25, -0.2) is 17.7 Å². The summed E-state index contributed by atoms with van der Waals surface area (Å²) in [5.74, 6) is 1.97. The number of carbonyl (C=O) groups excluding carboxylic acids is 1. The third-order valence-corrected chi connectivity index (χ3v) is 11.5. The lowest BCUT2D eigenvalue weighted by Crippen LogP contribution is -2.47. The first-order chi connectivity index (χ1) is 16.6. The van der Waals surface area contributed by atoms with Gasteiger partial charge in [0.2, 0.25) is 15.2 Å². The lowest BCUT2D eigenvalue weighted by atomic mass is 9.70. The fraction of sp³-hybridized carbons (Fsp3) is 0.640. The van der Waals surface area contributed by atoms with Gasteiger partial charge in [-0.05, 0) is 48.3 Å². The van der Waals surface area contributed by atoms with Crippen LogP contribution in [-0.2, 0) is 21.2 Å². The summed E-state index contributed by atoms with van der Waals surface area (Å²) in [6, 6.07) is 7.88. The van der Waals surface area contributed by atoms with Crippen LogP contribution in [0.25, 0.3) is 0 Å². The minimum absolute atomic E-state index is 0.0498. The van der Waals surface area contributed by atoms with Gasteiger partial charge in [-0.2, -0.15) is 4.37 Å². The number of ketones is 1. The average molecular weight is 519 g/mol. The molecule has 2 unspecified atom stereocenters. The number of carbonyl (C=O) groups is 1. The average Bonchev–Trinajstić information content (AvgIpc) is 3.32. The molecular formula is C25H34N4O4S2. The second kappa shape index (κ2) is 9.12. The molecule has 8 nitrogen and oxygen atoms in total. The summed E-state index contributed by atoms with van der Waals surface area (Å²) in [7, 11) is -1.89. The molecule has 2 heterocycles. The minimum atomic E-state index is -3.54. The molecule has 3 aliphatic rings. The van der Waals surface area contributed by atoms with Crippen LogP contribution in [0.1, 0.15) is 50.9 Å². The quantitative estimate of drug-likeness (QED) is 0.555. The number of nitrogens with zero attached hydrogens (tertiary/aromatic N) is 4. The third kappa shape index (κ3) is 4.38. The summed E-state index contributed by atoms with van der Waals surface area (Å²) in [4.78, 5) is 19.8. The van der Waals surface area contributed by atoms with Crippen LogP contribution in [0.5, 0.6) is 5.75 Å². The standard InChI is InChI=1S/C25H34N4O4S2/c1-24(2)19-8-9-25(24,21(30)16-19)17-35(31,32)29-11-5-10-28(12-13-29)23-26-22(27-34-23)15-18-6-4-7-20(14-18)33-3/h4,6-7,14,19H,5,8-13,15-17H2,1-3H3. The monoisotopic (exact) mass is 518 g/mol. The van der Waals surface area contributed by atoms with Crippen molar-refractivity contribution in [1.82, 2.24) is 13.7 Å². The molecular weight excluding hydrogens is 484 g/mol. The Morgan fingerprint density at radius 3 is 2.74 bits per heavy atom. The smallest absolute Gasteiger partial charge is 0.215 e. The zero-order valence-corrected chi connectivity index (χ0v) is 22.3. The molecule has 10 heteroatoms. The molecule has 1 aromatic heterocycles. The topological polar surface area (TPSA) is 92.7 Å². The molecule has 1 aromatic carbocycles. The first-order valence-electron chi connectivity index (χ1n) is 12.4. The molecule has 5 rings (SSSR count). The van der Waals surface area contributed by atoms with E-state index in [4.69, 9.17) is 9.72 Å². The third-order valence-electron chi connectivity index (χ3n) is 8.64. The van der Waals surface area contributed by atoms with Gasteiger partial charge in [0.15, 0.2) is 0 Å². The number of rotatable bonds is 7. The van der Waals surface area contributed by atoms with E-state index in [1.54, 1.807) is 11.4 Å². The Bertz CT molecular complexity index is 1210. The van der Waals surface area contributed by atoms with Crippen LogP contribution in [0.4, 0.5) is 5.13 Å². The molecule has 2 saturated carbocycles. The maximum Gasteiger partial charge on any atom is 0.215 e. The van der Waals surface area contributed by atoms with Gasteiger partial charge in [0.1, 0.15) is 17.4 Å². The Labute approximate surface area is 211 Å². The minimum Gasteiger partial charge on any atom is -0.497 e. The Kier molecular flexibility index (Phi) is 6.42. The van der Waals surface area contributed by atoms with Crippen molar-refractivity contribution >= 4 is 32.5 Å². The zero-order chi connectivity index (χ0) is 24.8. The number of Topliss-reactive ketones (excluding diaryl/α,β-unsaturated/α-hetero) is 1. The number of ether oxygens (including phenoxy) is 1. The molecule has 3 fully saturated rings. The van der Waals surface area contributed by atoms with Gasteiger partial charge in [0, 0.05) is 56.0 Å². The number of hydrogen-bond donors (Lipinski definition) is 0. The Balaban J connectivity index is 1.24. The highest BCUT2D eigenvalue weighted by atomic mass is 32.2. The van der Waals surface area contributed by atoms with Crippen LogP contribution in [0.3, 0.4) is 0 Å². The van der Waals surface area contributed by atoms with Crippen LogP contribution >= 0.6 is 11.5 Å². The predicted octanol–water partition coefficient (Wildman–Crippen LogP) is 3.37. The van der Waals surface area contributed by atoms with Crippen molar-refractivity contribution in [2.45, 2.75) is 46.0 Å². The summed E-state index contributed by atoms with van der Waals surface area (Å²) in [6.07, 6.45) is 3.53. The van der Waals surface area contributed by atoms with Gasteiger partial charge in [0.25, 0.3) is 0 Å². The van der Waals surface area contributed by atoms with E-state index < -0.39 is 15.4 Å². The summed E-state index contributed by atoms with van der Waals surface area (Å²) < 4.78 is 38.5. The van der Waals surface area contributed by atoms with Crippen molar-refractivity contribution in [3.63, 3.8) is 0 Å². The highest BCUT2D eigenvalue weighted by Crippen LogP contribution is 2.64. The van der Waals surface area contributed by atoms with Gasteiger partial charge < -0.3 is 9.64 Å². The van der Waals surface area contributed by atoms with E-state index in [0.29, 0.717) is 44.8 Å².